The Labute approximate surface area is 233 Å². The van der Waals surface area contributed by atoms with E-state index >= 15 is 0 Å². The molecule has 6 nitrogen and oxygen atoms in total. The smallest absolute Gasteiger partial charge is 0.162 e. The van der Waals surface area contributed by atoms with E-state index in [0.717, 1.165) is 54.6 Å². The van der Waals surface area contributed by atoms with Crippen LogP contribution < -0.4 is 14.8 Å². The van der Waals surface area contributed by atoms with Crippen LogP contribution in [0.5, 0.6) is 11.5 Å². The van der Waals surface area contributed by atoms with Gasteiger partial charge in [0.15, 0.2) is 17.3 Å². The van der Waals surface area contributed by atoms with Crippen LogP contribution >= 0.6 is 0 Å². The average Bonchev–Trinajstić information content (AvgIpc) is 2.89. The Morgan fingerprint density at radius 3 is 2.08 bits per heavy atom. The minimum atomic E-state index is 0.148. The van der Waals surface area contributed by atoms with E-state index in [4.69, 9.17) is 19.4 Å². The first-order chi connectivity index (χ1) is 18.5. The summed E-state index contributed by atoms with van der Waals surface area (Å²) in [6.45, 7) is 15.7. The summed E-state index contributed by atoms with van der Waals surface area (Å²) < 4.78 is 11.2. The van der Waals surface area contributed by atoms with E-state index in [1.807, 2.05) is 12.1 Å². The monoisotopic (exact) mass is 528 g/mol. The molecule has 0 saturated carbocycles. The number of anilines is 1. The molecular weight excluding hydrogens is 484 g/mol. The highest BCUT2D eigenvalue weighted by Gasteiger charge is 2.30. The number of hydrogen-bond acceptors (Lipinski definition) is 6. The Balaban J connectivity index is 1.55. The number of methoxy groups -OCH3 is 2. The molecule has 208 valence electrons. The minimum Gasteiger partial charge on any atom is -0.493 e. The van der Waals surface area contributed by atoms with Gasteiger partial charge in [-0.05, 0) is 83.8 Å². The van der Waals surface area contributed by atoms with Gasteiger partial charge in [-0.2, -0.15) is 0 Å². The summed E-state index contributed by atoms with van der Waals surface area (Å²) in [4.78, 5) is 12.5. The predicted octanol–water partition coefficient (Wildman–Crippen LogP) is 7.95. The number of aromatic nitrogens is 2. The zero-order valence-electron chi connectivity index (χ0n) is 24.9. The minimum absolute atomic E-state index is 0.148. The molecule has 0 aliphatic rings. The van der Waals surface area contributed by atoms with Crippen LogP contribution in [0.15, 0.2) is 54.6 Å². The molecule has 0 unspecified atom stereocenters. The highest BCUT2D eigenvalue weighted by molar-refractivity contribution is 5.94. The van der Waals surface area contributed by atoms with E-state index in [9.17, 15) is 0 Å². The van der Waals surface area contributed by atoms with Crippen molar-refractivity contribution in [2.24, 2.45) is 0 Å². The van der Waals surface area contributed by atoms with Gasteiger partial charge in [-0.25, -0.2) is 9.97 Å². The summed E-state index contributed by atoms with van der Waals surface area (Å²) in [5.74, 6) is 2.82. The quantitative estimate of drug-likeness (QED) is 0.211. The van der Waals surface area contributed by atoms with E-state index in [1.54, 1.807) is 14.2 Å². The fraction of sp³-hybridized carbons (Fsp3) is 0.455. The largest absolute Gasteiger partial charge is 0.493 e. The second-order valence-corrected chi connectivity index (χ2v) is 12.2. The Hall–Kier alpha value is -3.38. The molecule has 6 heteroatoms. The molecular formula is C33H44N4O2. The summed E-state index contributed by atoms with van der Waals surface area (Å²) in [5.41, 5.74) is 2.10. The van der Waals surface area contributed by atoms with Crippen molar-refractivity contribution in [3.05, 3.63) is 54.6 Å². The second kappa shape index (κ2) is 11.8. The maximum Gasteiger partial charge on any atom is 0.162 e. The second-order valence-electron chi connectivity index (χ2n) is 12.2. The molecule has 39 heavy (non-hydrogen) atoms. The number of nitrogens with zero attached hydrogens (tertiary/aromatic N) is 3. The fourth-order valence-electron chi connectivity index (χ4n) is 5.50. The molecule has 0 fully saturated rings. The highest BCUT2D eigenvalue weighted by atomic mass is 16.5. The molecule has 0 atom stereocenters. The van der Waals surface area contributed by atoms with E-state index in [1.165, 1.54) is 10.8 Å². The van der Waals surface area contributed by atoms with Crippen molar-refractivity contribution >= 4 is 27.5 Å². The highest BCUT2D eigenvalue weighted by Crippen LogP contribution is 2.35. The van der Waals surface area contributed by atoms with Gasteiger partial charge >= 0.3 is 0 Å². The molecule has 0 aliphatic heterocycles. The summed E-state index contributed by atoms with van der Waals surface area (Å²) >= 11 is 0. The number of benzene rings is 3. The van der Waals surface area contributed by atoms with Crippen LogP contribution in [0.25, 0.3) is 33.1 Å². The van der Waals surface area contributed by atoms with Crippen LogP contribution in [0.2, 0.25) is 0 Å². The number of fused-ring (bicyclic) bond motifs is 2. The molecule has 4 aromatic rings. The van der Waals surface area contributed by atoms with Crippen LogP contribution in [0.3, 0.4) is 0 Å². The van der Waals surface area contributed by atoms with Gasteiger partial charge in [0, 0.05) is 34.6 Å². The van der Waals surface area contributed by atoms with Crippen molar-refractivity contribution in [2.45, 2.75) is 71.9 Å². The van der Waals surface area contributed by atoms with Gasteiger partial charge in [0.2, 0.25) is 0 Å². The third-order valence-electron chi connectivity index (χ3n) is 7.18. The SMILES string of the molecule is COc1cc2nc(-c3ccc4ccccc4c3)nc(NCCCCCN(C(C)(C)C)C(C)(C)C)c2cc1OC. The molecule has 0 radical (unpaired) electrons. The van der Waals surface area contributed by atoms with Crippen LogP contribution in [-0.2, 0) is 0 Å². The first-order valence-electron chi connectivity index (χ1n) is 14.0. The van der Waals surface area contributed by atoms with Crippen molar-refractivity contribution in [3.63, 3.8) is 0 Å². The third-order valence-corrected chi connectivity index (χ3v) is 7.18. The lowest BCUT2D eigenvalue weighted by Crippen LogP contribution is -2.52. The molecule has 1 aromatic heterocycles. The maximum atomic E-state index is 5.58. The number of hydrogen-bond donors (Lipinski definition) is 1. The van der Waals surface area contributed by atoms with Crippen molar-refractivity contribution in [1.82, 2.24) is 14.9 Å². The van der Waals surface area contributed by atoms with Crippen molar-refractivity contribution < 1.29 is 9.47 Å². The molecule has 4 rings (SSSR count). The lowest BCUT2D eigenvalue weighted by Gasteiger charge is -2.45. The van der Waals surface area contributed by atoms with Gasteiger partial charge in [-0.3, -0.25) is 4.90 Å². The van der Waals surface area contributed by atoms with E-state index in [-0.39, 0.29) is 11.1 Å². The summed E-state index contributed by atoms with van der Waals surface area (Å²) in [6, 6.07) is 18.6. The summed E-state index contributed by atoms with van der Waals surface area (Å²) in [6.07, 6.45) is 3.37. The molecule has 1 heterocycles. The molecule has 0 spiro atoms. The van der Waals surface area contributed by atoms with Gasteiger partial charge in [0.05, 0.1) is 19.7 Å². The normalized spacial score (nSPS) is 12.3. The molecule has 0 aliphatic carbocycles. The molecule has 0 amide bonds. The number of ether oxygens (including phenoxy) is 2. The Morgan fingerprint density at radius 1 is 0.744 bits per heavy atom. The van der Waals surface area contributed by atoms with Gasteiger partial charge in [-0.15, -0.1) is 0 Å². The molecule has 1 N–H and O–H groups in total. The average molecular weight is 529 g/mol. The molecule has 0 bridgehead atoms. The van der Waals surface area contributed by atoms with Crippen LogP contribution in [0.4, 0.5) is 5.82 Å². The summed E-state index contributed by atoms with van der Waals surface area (Å²) in [5, 5.41) is 6.90. The van der Waals surface area contributed by atoms with Crippen LogP contribution in [-0.4, -0.2) is 53.3 Å². The Kier molecular flexibility index (Phi) is 8.65. The predicted molar refractivity (Wildman–Crippen MR) is 164 cm³/mol. The fourth-order valence-corrected chi connectivity index (χ4v) is 5.50. The standard InChI is InChI=1S/C33H44N4O2/c1-32(2,3)37(33(4,5)6)19-13-9-12-18-34-31-26-21-28(38-7)29(39-8)22-27(26)35-30(36-31)25-17-16-23-14-10-11-15-24(23)20-25/h10-11,14-17,20-22H,9,12-13,18-19H2,1-8H3,(H,34,35,36). The zero-order valence-corrected chi connectivity index (χ0v) is 24.9. The lowest BCUT2D eigenvalue weighted by atomic mass is 9.95. The van der Waals surface area contributed by atoms with Crippen molar-refractivity contribution in [2.75, 3.05) is 32.6 Å². The van der Waals surface area contributed by atoms with Gasteiger partial charge in [0.1, 0.15) is 5.82 Å². The Bertz CT molecular complexity index is 1410. The lowest BCUT2D eigenvalue weighted by molar-refractivity contribution is 0.0368. The van der Waals surface area contributed by atoms with E-state index < -0.39 is 0 Å². The Morgan fingerprint density at radius 2 is 1.41 bits per heavy atom. The number of nitrogens with one attached hydrogen (secondary N) is 1. The van der Waals surface area contributed by atoms with Crippen LogP contribution in [0.1, 0.15) is 60.8 Å². The first-order valence-corrected chi connectivity index (χ1v) is 14.0. The van der Waals surface area contributed by atoms with Crippen molar-refractivity contribution in [3.8, 4) is 22.9 Å². The molecule has 0 saturated heterocycles. The maximum absolute atomic E-state index is 5.58. The number of rotatable bonds is 10. The zero-order chi connectivity index (χ0) is 28.2. The van der Waals surface area contributed by atoms with Gasteiger partial charge < -0.3 is 14.8 Å². The topological polar surface area (TPSA) is 59.5 Å². The van der Waals surface area contributed by atoms with Gasteiger partial charge in [-0.1, -0.05) is 42.8 Å². The number of unbranched alkanes of at least 4 members (excludes halogenated alkanes) is 2. The summed E-state index contributed by atoms with van der Waals surface area (Å²) in [7, 11) is 3.30. The third kappa shape index (κ3) is 6.80. The first kappa shape index (κ1) is 28.6. The van der Waals surface area contributed by atoms with Gasteiger partial charge in [0.25, 0.3) is 0 Å². The van der Waals surface area contributed by atoms with E-state index in [0.29, 0.717) is 17.3 Å². The van der Waals surface area contributed by atoms with Crippen LogP contribution in [0, 0.1) is 0 Å². The van der Waals surface area contributed by atoms with Crippen molar-refractivity contribution in [1.29, 1.82) is 0 Å². The molecule has 3 aromatic carbocycles. The van der Waals surface area contributed by atoms with E-state index in [2.05, 4.69) is 94.2 Å².